The zero-order chi connectivity index (χ0) is 31.7. The molecule has 0 spiro atoms. The van der Waals surface area contributed by atoms with Crippen LogP contribution in [0.2, 0.25) is 5.02 Å². The van der Waals surface area contributed by atoms with Gasteiger partial charge >= 0.3 is 0 Å². The molecule has 0 aliphatic heterocycles. The second kappa shape index (κ2) is 15.4. The Labute approximate surface area is 273 Å². The fourth-order valence-electron chi connectivity index (χ4n) is 4.71. The molecule has 0 saturated carbocycles. The van der Waals surface area contributed by atoms with Crippen LogP contribution in [0, 0.1) is 0 Å². The van der Waals surface area contributed by atoms with Crippen molar-refractivity contribution in [1.29, 1.82) is 0 Å². The molecule has 2 amide bonds. The van der Waals surface area contributed by atoms with Crippen LogP contribution in [0.5, 0.6) is 0 Å². The summed E-state index contributed by atoms with van der Waals surface area (Å²) in [5.41, 5.74) is 1.88. The van der Waals surface area contributed by atoms with Crippen molar-refractivity contribution in [3.8, 4) is 0 Å². The van der Waals surface area contributed by atoms with Gasteiger partial charge in [0.15, 0.2) is 0 Å². The minimum absolute atomic E-state index is 0.0293. The quantitative estimate of drug-likeness (QED) is 0.166. The molecule has 0 aliphatic carbocycles. The second-order valence-electron chi connectivity index (χ2n) is 10.5. The van der Waals surface area contributed by atoms with E-state index < -0.39 is 28.5 Å². The average Bonchev–Trinajstić information content (AvgIpc) is 3.02. The highest BCUT2D eigenvalue weighted by atomic mass is 79.9. The van der Waals surface area contributed by atoms with E-state index in [4.69, 9.17) is 11.6 Å². The van der Waals surface area contributed by atoms with Crippen molar-refractivity contribution in [3.05, 3.63) is 130 Å². The molecule has 2 atom stereocenters. The number of carbonyl (C=O) groups is 2. The van der Waals surface area contributed by atoms with Crippen LogP contribution in [0.3, 0.4) is 0 Å². The second-order valence-corrected chi connectivity index (χ2v) is 13.7. The molecule has 0 radical (unpaired) electrons. The van der Waals surface area contributed by atoms with E-state index in [0.29, 0.717) is 11.4 Å². The lowest BCUT2D eigenvalue weighted by atomic mass is 10.0. The molecule has 0 saturated heterocycles. The Balaban J connectivity index is 1.80. The van der Waals surface area contributed by atoms with E-state index in [-0.39, 0.29) is 35.5 Å². The Kier molecular flexibility index (Phi) is 11.6. The summed E-state index contributed by atoms with van der Waals surface area (Å²) in [7, 11) is -4.19. The van der Waals surface area contributed by atoms with E-state index in [1.807, 2.05) is 68.4 Å². The Morgan fingerprint density at radius 2 is 1.50 bits per heavy atom. The zero-order valence-electron chi connectivity index (χ0n) is 24.6. The van der Waals surface area contributed by atoms with Gasteiger partial charge in [0, 0.05) is 28.5 Å². The monoisotopic (exact) mass is 695 g/mol. The Hall–Kier alpha value is -3.66. The van der Waals surface area contributed by atoms with Crippen LogP contribution in [-0.4, -0.2) is 43.8 Å². The van der Waals surface area contributed by atoms with E-state index in [1.165, 1.54) is 23.1 Å². The van der Waals surface area contributed by atoms with Crippen molar-refractivity contribution >= 4 is 55.1 Å². The van der Waals surface area contributed by atoms with Crippen LogP contribution in [-0.2, 0) is 32.6 Å². The van der Waals surface area contributed by atoms with Crippen LogP contribution in [0.15, 0.2) is 119 Å². The minimum Gasteiger partial charge on any atom is -0.352 e. The van der Waals surface area contributed by atoms with Crippen molar-refractivity contribution < 1.29 is 18.0 Å². The SMILES string of the molecule is CCC(C)NC(=O)C(Cc1ccccc1)N(Cc1cccc(Br)c1)C(=O)CN(c1cccc(Cl)c1)S(=O)(=O)c1ccccc1. The summed E-state index contributed by atoms with van der Waals surface area (Å²) >= 11 is 9.77. The summed E-state index contributed by atoms with van der Waals surface area (Å²) in [5, 5.41) is 3.36. The van der Waals surface area contributed by atoms with E-state index >= 15 is 0 Å². The number of nitrogens with one attached hydrogen (secondary N) is 1. The van der Waals surface area contributed by atoms with Gasteiger partial charge in [-0.1, -0.05) is 101 Å². The lowest BCUT2D eigenvalue weighted by molar-refractivity contribution is -0.140. The molecule has 0 heterocycles. The number of nitrogens with zero attached hydrogens (tertiary/aromatic N) is 2. The number of halogens is 2. The van der Waals surface area contributed by atoms with Crippen LogP contribution in [0.4, 0.5) is 5.69 Å². The number of rotatable bonds is 13. The molecule has 0 aromatic heterocycles. The molecule has 10 heteroatoms. The fraction of sp³-hybridized carbons (Fsp3) is 0.235. The van der Waals surface area contributed by atoms with E-state index in [9.17, 15) is 18.0 Å². The van der Waals surface area contributed by atoms with Crippen molar-refractivity contribution in [2.45, 2.75) is 50.2 Å². The van der Waals surface area contributed by atoms with Gasteiger partial charge in [0.25, 0.3) is 10.0 Å². The third kappa shape index (κ3) is 8.71. The third-order valence-electron chi connectivity index (χ3n) is 7.22. The largest absolute Gasteiger partial charge is 0.352 e. The number of hydrogen-bond acceptors (Lipinski definition) is 4. The summed E-state index contributed by atoms with van der Waals surface area (Å²) in [6.07, 6.45) is 0.951. The van der Waals surface area contributed by atoms with E-state index in [1.54, 1.807) is 36.4 Å². The summed E-state index contributed by atoms with van der Waals surface area (Å²) in [5.74, 6) is -0.850. The van der Waals surface area contributed by atoms with Gasteiger partial charge < -0.3 is 10.2 Å². The zero-order valence-corrected chi connectivity index (χ0v) is 27.7. The first kappa shape index (κ1) is 33.2. The van der Waals surface area contributed by atoms with E-state index in [2.05, 4.69) is 21.2 Å². The molecule has 2 unspecified atom stereocenters. The van der Waals surface area contributed by atoms with E-state index in [0.717, 1.165) is 19.9 Å². The summed E-state index contributed by atoms with van der Waals surface area (Å²) < 4.78 is 29.9. The molecule has 4 aromatic carbocycles. The number of hydrogen-bond donors (Lipinski definition) is 1. The predicted molar refractivity (Wildman–Crippen MR) is 179 cm³/mol. The highest BCUT2D eigenvalue weighted by Crippen LogP contribution is 2.27. The van der Waals surface area contributed by atoms with Crippen molar-refractivity contribution in [2.75, 3.05) is 10.8 Å². The maximum Gasteiger partial charge on any atom is 0.264 e. The molecule has 4 aromatic rings. The molecule has 7 nitrogen and oxygen atoms in total. The first-order valence-electron chi connectivity index (χ1n) is 14.3. The highest BCUT2D eigenvalue weighted by Gasteiger charge is 2.35. The van der Waals surface area contributed by atoms with Gasteiger partial charge in [0.05, 0.1) is 10.6 Å². The van der Waals surface area contributed by atoms with Crippen LogP contribution < -0.4 is 9.62 Å². The molecule has 0 bridgehead atoms. The van der Waals surface area contributed by atoms with Gasteiger partial charge in [0.2, 0.25) is 11.8 Å². The molecule has 0 aliphatic rings. The molecular formula is C34H35BrClN3O4S. The van der Waals surface area contributed by atoms with Gasteiger partial charge in [-0.2, -0.15) is 0 Å². The molecule has 230 valence electrons. The maximum absolute atomic E-state index is 14.5. The lowest BCUT2D eigenvalue weighted by Crippen LogP contribution is -2.54. The number of anilines is 1. The third-order valence-corrected chi connectivity index (χ3v) is 9.74. The average molecular weight is 697 g/mol. The summed E-state index contributed by atoms with van der Waals surface area (Å²) in [6.45, 7) is 3.41. The summed E-state index contributed by atoms with van der Waals surface area (Å²) in [4.78, 5) is 29.8. The Morgan fingerprint density at radius 3 is 2.14 bits per heavy atom. The first-order chi connectivity index (χ1) is 21.1. The molecule has 0 fully saturated rings. The molecule has 4 rings (SSSR count). The lowest BCUT2D eigenvalue weighted by Gasteiger charge is -2.34. The van der Waals surface area contributed by atoms with Crippen LogP contribution >= 0.6 is 27.5 Å². The van der Waals surface area contributed by atoms with Crippen molar-refractivity contribution in [3.63, 3.8) is 0 Å². The maximum atomic E-state index is 14.5. The smallest absolute Gasteiger partial charge is 0.264 e. The topological polar surface area (TPSA) is 86.8 Å². The van der Waals surface area contributed by atoms with Crippen LogP contribution in [0.25, 0.3) is 0 Å². The summed E-state index contributed by atoms with van der Waals surface area (Å²) in [6, 6.07) is 30.2. The van der Waals surface area contributed by atoms with Gasteiger partial charge in [-0.15, -0.1) is 0 Å². The Morgan fingerprint density at radius 1 is 0.864 bits per heavy atom. The molecule has 44 heavy (non-hydrogen) atoms. The van der Waals surface area contributed by atoms with Crippen LogP contribution in [0.1, 0.15) is 31.4 Å². The molecular weight excluding hydrogens is 662 g/mol. The normalized spacial score (nSPS) is 12.6. The van der Waals surface area contributed by atoms with Gasteiger partial charge in [0.1, 0.15) is 12.6 Å². The number of sulfonamides is 1. The van der Waals surface area contributed by atoms with Crippen molar-refractivity contribution in [1.82, 2.24) is 10.2 Å². The van der Waals surface area contributed by atoms with Gasteiger partial charge in [-0.3, -0.25) is 13.9 Å². The predicted octanol–water partition coefficient (Wildman–Crippen LogP) is 6.85. The standard InChI is InChI=1S/C34H35BrClN3O4S/c1-3-25(2)37-34(41)32(21-26-12-6-4-7-13-26)38(23-27-14-10-15-28(35)20-27)33(40)24-39(30-17-11-16-29(36)22-30)44(42,43)31-18-8-5-9-19-31/h4-20,22,25,32H,3,21,23-24H2,1-2H3,(H,37,41). The van der Waals surface area contributed by atoms with Crippen molar-refractivity contribution in [2.24, 2.45) is 0 Å². The van der Waals surface area contributed by atoms with Gasteiger partial charge in [-0.25, -0.2) is 8.42 Å². The fourth-order valence-corrected chi connectivity index (χ4v) is 6.76. The number of carbonyl (C=O) groups excluding carboxylic acids is 2. The number of benzene rings is 4. The highest BCUT2D eigenvalue weighted by molar-refractivity contribution is 9.10. The minimum atomic E-state index is -4.19. The van der Waals surface area contributed by atoms with Gasteiger partial charge in [-0.05, 0) is 66.9 Å². The number of amides is 2. The Bertz CT molecular complexity index is 1670. The molecule has 1 N–H and O–H groups in total. The first-order valence-corrected chi connectivity index (χ1v) is 16.9.